The molecule has 0 aromatic heterocycles. The lowest BCUT2D eigenvalue weighted by molar-refractivity contribution is -0.129. The van der Waals surface area contributed by atoms with E-state index in [1.54, 1.807) is 11.0 Å². The Labute approximate surface area is 142 Å². The van der Waals surface area contributed by atoms with Gasteiger partial charge in [-0.2, -0.15) is 0 Å². The van der Waals surface area contributed by atoms with Gasteiger partial charge in [-0.25, -0.2) is 0 Å². The van der Waals surface area contributed by atoms with Gasteiger partial charge in [-0.1, -0.05) is 18.2 Å². The van der Waals surface area contributed by atoms with E-state index in [1.807, 2.05) is 39.0 Å². The second-order valence-corrected chi connectivity index (χ2v) is 6.40. The monoisotopic (exact) mass is 331 g/mol. The zero-order valence-corrected chi connectivity index (χ0v) is 14.5. The van der Waals surface area contributed by atoms with Crippen molar-refractivity contribution in [2.24, 2.45) is 5.92 Å². The van der Waals surface area contributed by atoms with E-state index in [4.69, 9.17) is 0 Å². The van der Waals surface area contributed by atoms with Crippen molar-refractivity contribution in [3.05, 3.63) is 35.4 Å². The lowest BCUT2D eigenvalue weighted by atomic mass is 10.1. The topological polar surface area (TPSA) is 78.5 Å². The Morgan fingerprint density at radius 3 is 2.50 bits per heavy atom. The standard InChI is InChI=1S/C18H25N3O3/c1-12(2)21-11-14(10-16(21)22)17(23)19-8-9-20-18(24)15-7-5-4-6-13(15)3/h4-7,12,14H,8-11H2,1-3H3,(H,19,23)(H,20,24). The molecule has 3 amide bonds. The molecule has 6 nitrogen and oxygen atoms in total. The predicted octanol–water partition coefficient (Wildman–Crippen LogP) is 1.10. The molecule has 1 aromatic carbocycles. The first-order valence-corrected chi connectivity index (χ1v) is 8.31. The third kappa shape index (κ3) is 4.34. The number of nitrogens with one attached hydrogen (secondary N) is 2. The van der Waals surface area contributed by atoms with E-state index in [2.05, 4.69) is 10.6 Å². The molecule has 24 heavy (non-hydrogen) atoms. The third-order valence-electron chi connectivity index (χ3n) is 4.25. The van der Waals surface area contributed by atoms with E-state index in [0.717, 1.165) is 5.56 Å². The summed E-state index contributed by atoms with van der Waals surface area (Å²) in [4.78, 5) is 37.7. The van der Waals surface area contributed by atoms with Gasteiger partial charge in [0.15, 0.2) is 0 Å². The molecule has 1 unspecified atom stereocenters. The highest BCUT2D eigenvalue weighted by atomic mass is 16.2. The number of hydrogen-bond acceptors (Lipinski definition) is 3. The number of benzene rings is 1. The molecule has 1 heterocycles. The number of amides is 3. The molecule has 1 aliphatic rings. The molecule has 2 rings (SSSR count). The summed E-state index contributed by atoms with van der Waals surface area (Å²) in [5.41, 5.74) is 1.55. The van der Waals surface area contributed by atoms with Gasteiger partial charge in [0.25, 0.3) is 5.91 Å². The summed E-state index contributed by atoms with van der Waals surface area (Å²) < 4.78 is 0. The van der Waals surface area contributed by atoms with Gasteiger partial charge in [0, 0.05) is 37.7 Å². The average molecular weight is 331 g/mol. The van der Waals surface area contributed by atoms with Crippen molar-refractivity contribution >= 4 is 17.7 Å². The van der Waals surface area contributed by atoms with Crippen LogP contribution in [0.4, 0.5) is 0 Å². The van der Waals surface area contributed by atoms with E-state index in [1.165, 1.54) is 0 Å². The maximum absolute atomic E-state index is 12.1. The number of carbonyl (C=O) groups excluding carboxylic acids is 3. The zero-order chi connectivity index (χ0) is 17.7. The smallest absolute Gasteiger partial charge is 0.251 e. The molecule has 1 fully saturated rings. The molecule has 0 saturated carbocycles. The van der Waals surface area contributed by atoms with E-state index in [9.17, 15) is 14.4 Å². The lowest BCUT2D eigenvalue weighted by Gasteiger charge is -2.20. The zero-order valence-electron chi connectivity index (χ0n) is 14.5. The summed E-state index contributed by atoms with van der Waals surface area (Å²) in [5, 5.41) is 5.58. The maximum atomic E-state index is 12.1. The number of nitrogens with zero attached hydrogens (tertiary/aromatic N) is 1. The maximum Gasteiger partial charge on any atom is 0.251 e. The molecule has 6 heteroatoms. The Kier molecular flexibility index (Phi) is 5.95. The van der Waals surface area contributed by atoms with Crippen molar-refractivity contribution in [1.29, 1.82) is 0 Å². The van der Waals surface area contributed by atoms with Crippen molar-refractivity contribution in [2.75, 3.05) is 19.6 Å². The first-order chi connectivity index (χ1) is 11.4. The fourth-order valence-electron chi connectivity index (χ4n) is 2.84. The average Bonchev–Trinajstić information content (AvgIpc) is 2.94. The minimum atomic E-state index is -0.299. The predicted molar refractivity (Wildman–Crippen MR) is 91.5 cm³/mol. The normalized spacial score (nSPS) is 17.2. The van der Waals surface area contributed by atoms with Crippen LogP contribution in [0.3, 0.4) is 0 Å². The van der Waals surface area contributed by atoms with Gasteiger partial charge in [0.1, 0.15) is 0 Å². The number of likely N-dealkylation sites (tertiary alicyclic amines) is 1. The fraction of sp³-hybridized carbons (Fsp3) is 0.500. The minimum absolute atomic E-state index is 0.0259. The van der Waals surface area contributed by atoms with Gasteiger partial charge < -0.3 is 15.5 Å². The van der Waals surface area contributed by atoms with Crippen LogP contribution in [0.2, 0.25) is 0 Å². The minimum Gasteiger partial charge on any atom is -0.354 e. The molecule has 1 aromatic rings. The molecule has 1 aliphatic heterocycles. The van der Waals surface area contributed by atoms with Crippen LogP contribution in [0.1, 0.15) is 36.2 Å². The molecule has 0 bridgehead atoms. The fourth-order valence-corrected chi connectivity index (χ4v) is 2.84. The van der Waals surface area contributed by atoms with Crippen molar-refractivity contribution < 1.29 is 14.4 Å². The van der Waals surface area contributed by atoms with Crippen molar-refractivity contribution in [3.8, 4) is 0 Å². The largest absolute Gasteiger partial charge is 0.354 e. The lowest BCUT2D eigenvalue weighted by Crippen LogP contribution is -2.39. The Balaban J connectivity index is 1.73. The summed E-state index contributed by atoms with van der Waals surface area (Å²) in [6.07, 6.45) is 0.263. The molecular formula is C18H25N3O3. The number of carbonyl (C=O) groups is 3. The van der Waals surface area contributed by atoms with Crippen molar-refractivity contribution in [3.63, 3.8) is 0 Å². The second kappa shape index (κ2) is 7.95. The first kappa shape index (κ1) is 18.0. The van der Waals surface area contributed by atoms with Crippen LogP contribution >= 0.6 is 0 Å². The van der Waals surface area contributed by atoms with Crippen LogP contribution in [0, 0.1) is 12.8 Å². The molecule has 0 aliphatic carbocycles. The highest BCUT2D eigenvalue weighted by Gasteiger charge is 2.35. The Morgan fingerprint density at radius 1 is 1.21 bits per heavy atom. The molecule has 0 spiro atoms. The first-order valence-electron chi connectivity index (χ1n) is 8.31. The molecule has 130 valence electrons. The quantitative estimate of drug-likeness (QED) is 0.766. The summed E-state index contributed by atoms with van der Waals surface area (Å²) in [6.45, 7) is 6.95. The molecule has 1 saturated heterocycles. The number of hydrogen-bond donors (Lipinski definition) is 2. The Bertz CT molecular complexity index is 628. The van der Waals surface area contributed by atoms with E-state index in [-0.39, 0.29) is 36.1 Å². The van der Waals surface area contributed by atoms with Gasteiger partial charge >= 0.3 is 0 Å². The summed E-state index contributed by atoms with van der Waals surface area (Å²) in [7, 11) is 0. The van der Waals surface area contributed by atoms with Crippen LogP contribution in [0.15, 0.2) is 24.3 Å². The highest BCUT2D eigenvalue weighted by molar-refractivity contribution is 5.95. The summed E-state index contributed by atoms with van der Waals surface area (Å²) in [5.74, 6) is -0.550. The molecular weight excluding hydrogens is 306 g/mol. The van der Waals surface area contributed by atoms with Gasteiger partial charge in [-0.15, -0.1) is 0 Å². The molecule has 2 N–H and O–H groups in total. The highest BCUT2D eigenvalue weighted by Crippen LogP contribution is 2.19. The van der Waals surface area contributed by atoms with Gasteiger partial charge in [0.2, 0.25) is 11.8 Å². The van der Waals surface area contributed by atoms with Crippen molar-refractivity contribution in [2.45, 2.75) is 33.2 Å². The Morgan fingerprint density at radius 2 is 1.88 bits per heavy atom. The third-order valence-corrected chi connectivity index (χ3v) is 4.25. The molecule has 0 radical (unpaired) electrons. The van der Waals surface area contributed by atoms with Gasteiger partial charge in [0.05, 0.1) is 5.92 Å². The second-order valence-electron chi connectivity index (χ2n) is 6.40. The van der Waals surface area contributed by atoms with Crippen LogP contribution < -0.4 is 10.6 Å². The number of aryl methyl sites for hydroxylation is 1. The number of rotatable bonds is 6. The van der Waals surface area contributed by atoms with Crippen LogP contribution in [-0.2, 0) is 9.59 Å². The van der Waals surface area contributed by atoms with Gasteiger partial charge in [-0.05, 0) is 32.4 Å². The van der Waals surface area contributed by atoms with E-state index in [0.29, 0.717) is 25.2 Å². The van der Waals surface area contributed by atoms with Crippen molar-refractivity contribution in [1.82, 2.24) is 15.5 Å². The van der Waals surface area contributed by atoms with E-state index < -0.39 is 0 Å². The van der Waals surface area contributed by atoms with Crippen LogP contribution in [0.25, 0.3) is 0 Å². The summed E-state index contributed by atoms with van der Waals surface area (Å²) in [6, 6.07) is 7.47. The van der Waals surface area contributed by atoms with E-state index >= 15 is 0 Å². The van der Waals surface area contributed by atoms with Crippen LogP contribution in [0.5, 0.6) is 0 Å². The SMILES string of the molecule is Cc1ccccc1C(=O)NCCNC(=O)C1CC(=O)N(C(C)C)C1. The van der Waals surface area contributed by atoms with Gasteiger partial charge in [-0.3, -0.25) is 14.4 Å². The Hall–Kier alpha value is -2.37. The molecule has 1 atom stereocenters. The summed E-state index contributed by atoms with van der Waals surface area (Å²) >= 11 is 0. The van der Waals surface area contributed by atoms with Crippen LogP contribution in [-0.4, -0.2) is 48.3 Å².